The van der Waals surface area contributed by atoms with E-state index in [1.807, 2.05) is 13.8 Å². The lowest BCUT2D eigenvalue weighted by Crippen LogP contribution is -2.38. The Hall–Kier alpha value is -0.210. The molecule has 0 fully saturated rings. The maximum Gasteiger partial charge on any atom is 0.389 e. The molecular formula is C10H21F3IN3. The summed E-state index contributed by atoms with van der Waals surface area (Å²) < 4.78 is 35.4. The molecule has 0 bridgehead atoms. The lowest BCUT2D eigenvalue weighted by atomic mass is 10.2. The highest BCUT2D eigenvalue weighted by Crippen LogP contribution is 2.21. The molecule has 7 heteroatoms. The molecule has 0 aliphatic rings. The average Bonchev–Trinajstić information content (AvgIpc) is 2.15. The number of aliphatic imine (C=N–C) groups is 1. The van der Waals surface area contributed by atoms with Crippen LogP contribution in [-0.4, -0.2) is 24.7 Å². The number of nitrogens with one attached hydrogen (secondary N) is 1. The number of rotatable bonds is 6. The first-order valence-electron chi connectivity index (χ1n) is 5.48. The molecule has 0 aromatic rings. The number of halogens is 4. The van der Waals surface area contributed by atoms with Crippen LogP contribution >= 0.6 is 24.0 Å². The van der Waals surface area contributed by atoms with Gasteiger partial charge in [0.1, 0.15) is 0 Å². The second-order valence-corrected chi connectivity index (χ2v) is 3.79. The summed E-state index contributed by atoms with van der Waals surface area (Å²) in [5, 5.41) is 2.94. The third-order valence-corrected chi connectivity index (χ3v) is 2.16. The van der Waals surface area contributed by atoms with Crippen LogP contribution in [0.4, 0.5) is 13.2 Å². The Bertz CT molecular complexity index is 219. The zero-order chi connectivity index (χ0) is 12.6. The van der Waals surface area contributed by atoms with Gasteiger partial charge in [0.15, 0.2) is 5.96 Å². The molecule has 0 rings (SSSR count). The summed E-state index contributed by atoms with van der Waals surface area (Å²) in [6.07, 6.45) is -3.39. The number of nitrogens with zero attached hydrogens (tertiary/aromatic N) is 1. The summed E-state index contributed by atoms with van der Waals surface area (Å²) in [6.45, 7) is 4.31. The highest BCUT2D eigenvalue weighted by Gasteiger charge is 2.25. The van der Waals surface area contributed by atoms with Crippen LogP contribution in [0.2, 0.25) is 0 Å². The molecule has 0 radical (unpaired) electrons. The van der Waals surface area contributed by atoms with Gasteiger partial charge in [0.25, 0.3) is 0 Å². The van der Waals surface area contributed by atoms with Gasteiger partial charge in [0.05, 0.1) is 0 Å². The van der Waals surface area contributed by atoms with Crippen molar-refractivity contribution < 1.29 is 13.2 Å². The maximum absolute atomic E-state index is 11.8. The molecule has 0 aromatic carbocycles. The normalized spacial score (nSPS) is 14.1. The van der Waals surface area contributed by atoms with E-state index in [9.17, 15) is 13.2 Å². The van der Waals surface area contributed by atoms with E-state index in [4.69, 9.17) is 5.73 Å². The van der Waals surface area contributed by atoms with Gasteiger partial charge in [-0.25, -0.2) is 0 Å². The summed E-state index contributed by atoms with van der Waals surface area (Å²) in [5.41, 5.74) is 5.53. The summed E-state index contributed by atoms with van der Waals surface area (Å²) in [7, 11) is 0. The Morgan fingerprint density at radius 3 is 2.41 bits per heavy atom. The minimum absolute atomic E-state index is 0. The van der Waals surface area contributed by atoms with Gasteiger partial charge in [-0.05, 0) is 26.2 Å². The second-order valence-electron chi connectivity index (χ2n) is 3.79. The monoisotopic (exact) mass is 367 g/mol. The summed E-state index contributed by atoms with van der Waals surface area (Å²) >= 11 is 0. The van der Waals surface area contributed by atoms with Crippen molar-refractivity contribution in [2.24, 2.45) is 10.7 Å². The summed E-state index contributed by atoms with van der Waals surface area (Å²) in [6, 6.07) is 0.235. The fourth-order valence-corrected chi connectivity index (χ4v) is 1.04. The van der Waals surface area contributed by atoms with E-state index in [2.05, 4.69) is 10.3 Å². The molecule has 3 nitrogen and oxygen atoms in total. The molecule has 0 aromatic heterocycles. The van der Waals surface area contributed by atoms with Gasteiger partial charge >= 0.3 is 6.18 Å². The predicted molar refractivity (Wildman–Crippen MR) is 74.7 cm³/mol. The first-order chi connectivity index (χ1) is 7.35. The van der Waals surface area contributed by atoms with Crippen molar-refractivity contribution in [3.05, 3.63) is 0 Å². The van der Waals surface area contributed by atoms with Crippen molar-refractivity contribution in [2.45, 2.75) is 51.7 Å². The van der Waals surface area contributed by atoms with Crippen LogP contribution in [0, 0.1) is 0 Å². The van der Waals surface area contributed by atoms with Crippen LogP contribution in [0.1, 0.15) is 39.5 Å². The smallest absolute Gasteiger partial charge is 0.370 e. The summed E-state index contributed by atoms with van der Waals surface area (Å²) in [4.78, 5) is 3.95. The zero-order valence-corrected chi connectivity index (χ0v) is 12.5. The first kappa shape index (κ1) is 19.1. The fourth-order valence-electron chi connectivity index (χ4n) is 1.04. The van der Waals surface area contributed by atoms with E-state index in [0.717, 1.165) is 6.42 Å². The quantitative estimate of drug-likeness (QED) is 0.328. The molecule has 104 valence electrons. The number of hydrogen-bond acceptors (Lipinski definition) is 1. The minimum atomic E-state index is -4.07. The van der Waals surface area contributed by atoms with E-state index >= 15 is 0 Å². The van der Waals surface area contributed by atoms with Gasteiger partial charge in [-0.15, -0.1) is 24.0 Å². The molecule has 17 heavy (non-hydrogen) atoms. The van der Waals surface area contributed by atoms with E-state index in [1.54, 1.807) is 0 Å². The number of guanidine groups is 1. The Morgan fingerprint density at radius 1 is 1.35 bits per heavy atom. The SMILES string of the molecule is CCC(C)NC(N)=NCCCCC(F)(F)F.I. The third kappa shape index (κ3) is 13.7. The molecule has 3 N–H and O–H groups in total. The Balaban J connectivity index is 0. The Kier molecular flexibility index (Phi) is 11.0. The largest absolute Gasteiger partial charge is 0.389 e. The van der Waals surface area contributed by atoms with Crippen LogP contribution in [0.3, 0.4) is 0 Å². The zero-order valence-electron chi connectivity index (χ0n) is 10.2. The molecule has 0 saturated carbocycles. The number of unbranched alkanes of at least 4 members (excludes halogenated alkanes) is 1. The topological polar surface area (TPSA) is 50.4 Å². The van der Waals surface area contributed by atoms with Gasteiger partial charge < -0.3 is 11.1 Å². The molecule has 1 atom stereocenters. The highest BCUT2D eigenvalue weighted by atomic mass is 127. The van der Waals surface area contributed by atoms with E-state index in [0.29, 0.717) is 18.9 Å². The van der Waals surface area contributed by atoms with Gasteiger partial charge in [0, 0.05) is 19.0 Å². The molecule has 0 amide bonds. The molecule has 0 heterocycles. The highest BCUT2D eigenvalue weighted by molar-refractivity contribution is 14.0. The molecule has 0 aliphatic carbocycles. The van der Waals surface area contributed by atoms with Crippen molar-refractivity contribution in [2.75, 3.05) is 6.54 Å². The minimum Gasteiger partial charge on any atom is -0.370 e. The Labute approximate surface area is 117 Å². The lowest BCUT2D eigenvalue weighted by Gasteiger charge is -2.11. The van der Waals surface area contributed by atoms with E-state index in [1.165, 1.54) is 0 Å². The molecule has 0 saturated heterocycles. The van der Waals surface area contributed by atoms with Crippen LogP contribution < -0.4 is 11.1 Å². The first-order valence-corrected chi connectivity index (χ1v) is 5.48. The average molecular weight is 367 g/mol. The van der Waals surface area contributed by atoms with Crippen molar-refractivity contribution in [3.63, 3.8) is 0 Å². The van der Waals surface area contributed by atoms with Gasteiger partial charge in [-0.1, -0.05) is 6.92 Å². The standard InChI is InChI=1S/C10H20F3N3.HI/c1-3-8(2)16-9(14)15-7-5-4-6-10(11,12)13;/h8H,3-7H2,1-2H3,(H3,14,15,16);1H. The summed E-state index contributed by atoms with van der Waals surface area (Å²) in [5.74, 6) is 0.307. The van der Waals surface area contributed by atoms with Crippen LogP contribution in [-0.2, 0) is 0 Å². The third-order valence-electron chi connectivity index (χ3n) is 2.16. The van der Waals surface area contributed by atoms with Gasteiger partial charge in [0.2, 0.25) is 0 Å². The van der Waals surface area contributed by atoms with Gasteiger partial charge in [-0.2, -0.15) is 13.2 Å². The fraction of sp³-hybridized carbons (Fsp3) is 0.900. The van der Waals surface area contributed by atoms with Crippen molar-refractivity contribution in [3.8, 4) is 0 Å². The van der Waals surface area contributed by atoms with Crippen molar-refractivity contribution in [1.29, 1.82) is 0 Å². The van der Waals surface area contributed by atoms with E-state index < -0.39 is 12.6 Å². The van der Waals surface area contributed by atoms with Crippen LogP contribution in [0.5, 0.6) is 0 Å². The second kappa shape index (κ2) is 9.78. The number of alkyl halides is 3. The molecule has 0 spiro atoms. The van der Waals surface area contributed by atoms with Crippen molar-refractivity contribution in [1.82, 2.24) is 5.32 Å². The van der Waals surface area contributed by atoms with Crippen LogP contribution in [0.25, 0.3) is 0 Å². The van der Waals surface area contributed by atoms with Crippen molar-refractivity contribution >= 4 is 29.9 Å². The van der Waals surface area contributed by atoms with Crippen LogP contribution in [0.15, 0.2) is 4.99 Å². The predicted octanol–water partition coefficient (Wildman–Crippen LogP) is 3.04. The van der Waals surface area contributed by atoms with E-state index in [-0.39, 0.29) is 36.4 Å². The number of nitrogens with two attached hydrogens (primary N) is 1. The molecular weight excluding hydrogens is 346 g/mol. The maximum atomic E-state index is 11.8. The van der Waals surface area contributed by atoms with Gasteiger partial charge in [-0.3, -0.25) is 4.99 Å². The molecule has 1 unspecified atom stereocenters. The lowest BCUT2D eigenvalue weighted by molar-refractivity contribution is -0.135. The number of hydrogen-bond donors (Lipinski definition) is 2. The Morgan fingerprint density at radius 2 is 1.94 bits per heavy atom. The molecule has 0 aliphatic heterocycles.